The Hall–Kier alpha value is -1.73. The molecule has 6 nitrogen and oxygen atoms in total. The zero-order valence-corrected chi connectivity index (χ0v) is 13.9. The van der Waals surface area contributed by atoms with Crippen LogP contribution >= 0.6 is 23.4 Å². The van der Waals surface area contributed by atoms with Crippen LogP contribution in [0.3, 0.4) is 0 Å². The summed E-state index contributed by atoms with van der Waals surface area (Å²) in [4.78, 5) is 23.8. The predicted molar refractivity (Wildman–Crippen MR) is 88.5 cm³/mol. The molecule has 2 aromatic rings. The van der Waals surface area contributed by atoms with E-state index in [-0.39, 0.29) is 16.8 Å². The number of hydrogen-bond acceptors (Lipinski definition) is 4. The van der Waals surface area contributed by atoms with Crippen LogP contribution in [0.25, 0.3) is 0 Å². The third-order valence-corrected chi connectivity index (χ3v) is 4.28. The summed E-state index contributed by atoms with van der Waals surface area (Å²) in [5.41, 5.74) is 0.421. The lowest BCUT2D eigenvalue weighted by Gasteiger charge is -2.12. The van der Waals surface area contributed by atoms with Crippen molar-refractivity contribution in [1.29, 1.82) is 0 Å². The quantitative estimate of drug-likeness (QED) is 0.792. The number of aromatic amines is 1. The molecule has 0 spiro atoms. The summed E-state index contributed by atoms with van der Waals surface area (Å²) in [7, 11) is 0. The number of nitrogens with zero attached hydrogens (tertiary/aromatic N) is 2. The van der Waals surface area contributed by atoms with Gasteiger partial charge in [-0.15, -0.1) is 5.10 Å². The van der Waals surface area contributed by atoms with E-state index < -0.39 is 0 Å². The first-order valence-electron chi connectivity index (χ1n) is 6.89. The van der Waals surface area contributed by atoms with E-state index in [1.807, 2.05) is 6.92 Å². The second-order valence-corrected chi connectivity index (χ2v) is 6.46. The van der Waals surface area contributed by atoms with Gasteiger partial charge in [-0.05, 0) is 37.6 Å². The average Bonchev–Trinajstić information content (AvgIpc) is 2.83. The number of aromatic nitrogens is 3. The number of halogens is 1. The van der Waals surface area contributed by atoms with E-state index in [2.05, 4.69) is 15.5 Å². The van der Waals surface area contributed by atoms with E-state index in [1.54, 1.807) is 31.2 Å². The van der Waals surface area contributed by atoms with Gasteiger partial charge in [0.25, 0.3) is 0 Å². The molecular weight excluding hydrogens is 324 g/mol. The normalized spacial score (nSPS) is 12.1. The fourth-order valence-electron chi connectivity index (χ4n) is 1.80. The Bertz CT molecular complexity index is 696. The predicted octanol–water partition coefficient (Wildman–Crippen LogP) is 2.75. The van der Waals surface area contributed by atoms with Crippen molar-refractivity contribution in [1.82, 2.24) is 14.8 Å². The van der Waals surface area contributed by atoms with E-state index in [4.69, 9.17) is 11.6 Å². The molecule has 0 bridgehead atoms. The lowest BCUT2D eigenvalue weighted by molar-refractivity contribution is -0.115. The van der Waals surface area contributed by atoms with Crippen molar-refractivity contribution in [3.05, 3.63) is 39.8 Å². The Kier molecular flexibility index (Phi) is 5.68. The molecule has 1 amide bonds. The monoisotopic (exact) mass is 340 g/mol. The molecule has 0 saturated carbocycles. The number of nitrogens with one attached hydrogen (secondary N) is 2. The van der Waals surface area contributed by atoms with Crippen LogP contribution in [0, 0.1) is 0 Å². The van der Waals surface area contributed by atoms with Crippen LogP contribution < -0.4 is 11.0 Å². The molecule has 118 valence electrons. The minimum Gasteiger partial charge on any atom is -0.325 e. The minimum absolute atomic E-state index is 0.161. The topological polar surface area (TPSA) is 79.8 Å². The van der Waals surface area contributed by atoms with E-state index in [0.29, 0.717) is 22.4 Å². The molecule has 1 atom stereocenters. The van der Waals surface area contributed by atoms with Crippen LogP contribution in [0.2, 0.25) is 5.02 Å². The van der Waals surface area contributed by atoms with Crippen molar-refractivity contribution in [3.63, 3.8) is 0 Å². The van der Waals surface area contributed by atoms with E-state index in [0.717, 1.165) is 6.42 Å². The Balaban J connectivity index is 2.02. The number of rotatable bonds is 6. The first kappa shape index (κ1) is 16.6. The molecule has 0 aliphatic heterocycles. The van der Waals surface area contributed by atoms with E-state index in [1.165, 1.54) is 16.3 Å². The fourth-order valence-corrected chi connectivity index (χ4v) is 2.81. The van der Waals surface area contributed by atoms with Gasteiger partial charge < -0.3 is 5.32 Å². The van der Waals surface area contributed by atoms with Gasteiger partial charge in [0.15, 0.2) is 5.16 Å². The summed E-state index contributed by atoms with van der Waals surface area (Å²) >= 11 is 7.05. The third-order valence-electron chi connectivity index (χ3n) is 2.93. The molecule has 0 unspecified atom stereocenters. The second kappa shape index (κ2) is 7.51. The zero-order valence-electron chi connectivity index (χ0n) is 12.3. The number of benzene rings is 1. The highest BCUT2D eigenvalue weighted by Gasteiger charge is 2.18. The van der Waals surface area contributed by atoms with Gasteiger partial charge in [-0.2, -0.15) is 0 Å². The van der Waals surface area contributed by atoms with Gasteiger partial charge in [0, 0.05) is 17.3 Å². The molecule has 8 heteroatoms. The molecule has 0 aliphatic rings. The Morgan fingerprint density at radius 2 is 2.14 bits per heavy atom. The number of carbonyl (C=O) groups excluding carboxylic acids is 1. The van der Waals surface area contributed by atoms with Crippen LogP contribution in [0.15, 0.2) is 34.2 Å². The van der Waals surface area contributed by atoms with Crippen LogP contribution in [-0.2, 0) is 11.3 Å². The molecular formula is C14H17ClN4O2S. The van der Waals surface area contributed by atoms with Crippen LogP contribution in [0.5, 0.6) is 0 Å². The Morgan fingerprint density at radius 1 is 1.45 bits per heavy atom. The highest BCUT2D eigenvalue weighted by molar-refractivity contribution is 8.00. The van der Waals surface area contributed by atoms with Gasteiger partial charge in [-0.1, -0.05) is 30.3 Å². The molecule has 0 fully saturated rings. The van der Waals surface area contributed by atoms with Crippen LogP contribution in [0.1, 0.15) is 20.3 Å². The molecule has 0 aliphatic carbocycles. The van der Waals surface area contributed by atoms with E-state index >= 15 is 0 Å². The van der Waals surface area contributed by atoms with Crippen molar-refractivity contribution in [2.45, 2.75) is 37.2 Å². The standard InChI is InChI=1S/C14H17ClN4O2S/c1-3-8-19-13(21)17-18-14(19)22-9(2)12(20)16-11-6-4-10(15)5-7-11/h4-7,9H,3,8H2,1-2H3,(H,16,20)(H,17,21)/t9-/m1/s1. The first-order valence-corrected chi connectivity index (χ1v) is 8.15. The molecule has 22 heavy (non-hydrogen) atoms. The summed E-state index contributed by atoms with van der Waals surface area (Å²) in [6.45, 7) is 4.32. The van der Waals surface area contributed by atoms with Gasteiger partial charge in [0.2, 0.25) is 5.91 Å². The lowest BCUT2D eigenvalue weighted by Crippen LogP contribution is -2.24. The highest BCUT2D eigenvalue weighted by atomic mass is 35.5. The third kappa shape index (κ3) is 4.14. The number of amides is 1. The summed E-state index contributed by atoms with van der Waals surface area (Å²) in [5, 5.41) is 9.93. The van der Waals surface area contributed by atoms with Gasteiger partial charge in [0.1, 0.15) is 0 Å². The van der Waals surface area contributed by atoms with Gasteiger partial charge >= 0.3 is 5.69 Å². The van der Waals surface area contributed by atoms with E-state index in [9.17, 15) is 9.59 Å². The smallest absolute Gasteiger partial charge is 0.325 e. The Labute approximate surface area is 137 Å². The molecule has 0 radical (unpaired) electrons. The van der Waals surface area contributed by atoms with Gasteiger partial charge in [-0.3, -0.25) is 9.36 Å². The minimum atomic E-state index is -0.388. The molecule has 1 aromatic heterocycles. The SMILES string of the molecule is CCCn1c(S[C@H](C)C(=O)Nc2ccc(Cl)cc2)n[nH]c1=O. The molecule has 0 saturated heterocycles. The average molecular weight is 341 g/mol. The maximum absolute atomic E-state index is 12.2. The van der Waals surface area contributed by atoms with Crippen molar-refractivity contribution >= 4 is 35.0 Å². The summed E-state index contributed by atoms with van der Waals surface area (Å²) in [6.07, 6.45) is 0.818. The number of carbonyl (C=O) groups is 1. The Morgan fingerprint density at radius 3 is 2.77 bits per heavy atom. The maximum atomic E-state index is 12.2. The first-order chi connectivity index (χ1) is 10.5. The lowest BCUT2D eigenvalue weighted by atomic mass is 10.3. The van der Waals surface area contributed by atoms with Gasteiger partial charge in [-0.25, -0.2) is 9.89 Å². The largest absolute Gasteiger partial charge is 0.343 e. The van der Waals surface area contributed by atoms with Crippen molar-refractivity contribution in [2.75, 3.05) is 5.32 Å². The molecule has 1 aromatic carbocycles. The zero-order chi connectivity index (χ0) is 16.1. The van der Waals surface area contributed by atoms with Crippen LogP contribution in [-0.4, -0.2) is 25.9 Å². The number of anilines is 1. The number of thioether (sulfide) groups is 1. The molecule has 2 rings (SSSR count). The summed E-state index contributed by atoms with van der Waals surface area (Å²) in [5.74, 6) is -0.161. The number of hydrogen-bond donors (Lipinski definition) is 2. The van der Waals surface area contributed by atoms with Crippen molar-refractivity contribution in [2.24, 2.45) is 0 Å². The number of H-pyrrole nitrogens is 1. The fraction of sp³-hybridized carbons (Fsp3) is 0.357. The summed E-state index contributed by atoms with van der Waals surface area (Å²) in [6, 6.07) is 6.89. The maximum Gasteiger partial charge on any atom is 0.343 e. The van der Waals surface area contributed by atoms with Crippen LogP contribution in [0.4, 0.5) is 5.69 Å². The second-order valence-electron chi connectivity index (χ2n) is 4.72. The molecule has 2 N–H and O–H groups in total. The van der Waals surface area contributed by atoms with Gasteiger partial charge in [0.05, 0.1) is 5.25 Å². The highest BCUT2D eigenvalue weighted by Crippen LogP contribution is 2.22. The molecule has 1 heterocycles. The van der Waals surface area contributed by atoms with Crippen molar-refractivity contribution < 1.29 is 4.79 Å². The summed E-state index contributed by atoms with van der Waals surface area (Å²) < 4.78 is 1.54. The van der Waals surface area contributed by atoms with Crippen molar-refractivity contribution in [3.8, 4) is 0 Å².